The second kappa shape index (κ2) is 7.68. The number of hydrogen-bond acceptors (Lipinski definition) is 3. The Kier molecular flexibility index (Phi) is 5.53. The molecule has 1 heterocycles. The Labute approximate surface area is 161 Å². The number of rotatable bonds is 6. The van der Waals surface area contributed by atoms with Crippen LogP contribution in [-0.2, 0) is 17.6 Å². The molecule has 3 rings (SSSR count). The Bertz CT molecular complexity index is 864. The molecule has 6 nitrogen and oxygen atoms in total. The zero-order chi connectivity index (χ0) is 18.8. The number of carboxylic acid groups (broad SMARTS) is 1. The molecule has 1 unspecified atom stereocenters. The van der Waals surface area contributed by atoms with Gasteiger partial charge in [0.05, 0.1) is 10.7 Å². The van der Waals surface area contributed by atoms with Crippen LogP contribution < -0.4 is 5.32 Å². The van der Waals surface area contributed by atoms with Gasteiger partial charge in [0.15, 0.2) is 5.69 Å². The van der Waals surface area contributed by atoms with Gasteiger partial charge in [0, 0.05) is 29.2 Å². The van der Waals surface area contributed by atoms with E-state index in [-0.39, 0.29) is 24.8 Å². The first-order valence-electron chi connectivity index (χ1n) is 8.43. The SMILES string of the molecule is CC(CNC(=O)c1nn(-c2ccc(Cl)cc2Cl)c2c1CCC2)CC(=O)O. The molecule has 1 amide bonds. The molecule has 0 aliphatic heterocycles. The molecular formula is C18H19Cl2N3O3. The summed E-state index contributed by atoms with van der Waals surface area (Å²) in [6.07, 6.45) is 2.57. The first-order valence-corrected chi connectivity index (χ1v) is 9.18. The van der Waals surface area contributed by atoms with Crippen LogP contribution >= 0.6 is 23.2 Å². The van der Waals surface area contributed by atoms with Crippen molar-refractivity contribution in [1.82, 2.24) is 15.1 Å². The van der Waals surface area contributed by atoms with E-state index < -0.39 is 5.97 Å². The lowest BCUT2D eigenvalue weighted by Crippen LogP contribution is -2.30. The van der Waals surface area contributed by atoms with E-state index in [0.717, 1.165) is 30.5 Å². The molecule has 138 valence electrons. The average Bonchev–Trinajstić information content (AvgIpc) is 3.15. The highest BCUT2D eigenvalue weighted by Crippen LogP contribution is 2.31. The number of fused-ring (bicyclic) bond motifs is 1. The summed E-state index contributed by atoms with van der Waals surface area (Å²) in [6.45, 7) is 2.07. The molecule has 0 saturated heterocycles. The number of aliphatic carboxylic acids is 1. The Morgan fingerprint density at radius 1 is 1.35 bits per heavy atom. The van der Waals surface area contributed by atoms with Crippen LogP contribution in [0.5, 0.6) is 0 Å². The Balaban J connectivity index is 1.85. The number of amides is 1. The molecule has 2 N–H and O–H groups in total. The van der Waals surface area contributed by atoms with Gasteiger partial charge < -0.3 is 10.4 Å². The Morgan fingerprint density at radius 2 is 2.12 bits per heavy atom. The van der Waals surface area contributed by atoms with Gasteiger partial charge in [0.25, 0.3) is 5.91 Å². The lowest BCUT2D eigenvalue weighted by atomic mass is 10.1. The highest BCUT2D eigenvalue weighted by Gasteiger charge is 2.27. The van der Waals surface area contributed by atoms with Crippen LogP contribution in [0.4, 0.5) is 0 Å². The molecular weight excluding hydrogens is 377 g/mol. The first kappa shape index (κ1) is 18.7. The highest BCUT2D eigenvalue weighted by molar-refractivity contribution is 6.35. The minimum absolute atomic E-state index is 0.00715. The normalized spacial score (nSPS) is 14.1. The summed E-state index contributed by atoms with van der Waals surface area (Å²) in [5.41, 5.74) is 2.98. The average molecular weight is 396 g/mol. The maximum absolute atomic E-state index is 12.6. The van der Waals surface area contributed by atoms with Crippen LogP contribution in [0, 0.1) is 5.92 Å². The number of hydrogen-bond donors (Lipinski definition) is 2. The van der Waals surface area contributed by atoms with E-state index >= 15 is 0 Å². The smallest absolute Gasteiger partial charge is 0.303 e. The van der Waals surface area contributed by atoms with Gasteiger partial charge in [-0.2, -0.15) is 5.10 Å². The molecule has 0 spiro atoms. The molecule has 0 saturated carbocycles. The maximum Gasteiger partial charge on any atom is 0.303 e. The van der Waals surface area contributed by atoms with E-state index in [1.807, 2.05) is 0 Å². The minimum atomic E-state index is -0.880. The highest BCUT2D eigenvalue weighted by atomic mass is 35.5. The number of carbonyl (C=O) groups is 2. The second-order valence-corrected chi connectivity index (χ2v) is 7.39. The van der Waals surface area contributed by atoms with Gasteiger partial charge in [-0.25, -0.2) is 4.68 Å². The summed E-state index contributed by atoms with van der Waals surface area (Å²) in [5.74, 6) is -1.32. The third-order valence-corrected chi connectivity index (χ3v) is 4.96. The first-order chi connectivity index (χ1) is 12.4. The molecule has 1 aromatic heterocycles. The lowest BCUT2D eigenvalue weighted by Gasteiger charge is -2.10. The van der Waals surface area contributed by atoms with Crippen molar-refractivity contribution in [3.8, 4) is 5.69 Å². The molecule has 1 aliphatic rings. The van der Waals surface area contributed by atoms with Gasteiger partial charge in [-0.1, -0.05) is 30.1 Å². The van der Waals surface area contributed by atoms with Crippen LogP contribution in [-0.4, -0.2) is 33.3 Å². The number of benzene rings is 1. The molecule has 8 heteroatoms. The second-order valence-electron chi connectivity index (χ2n) is 6.55. The molecule has 1 atom stereocenters. The van der Waals surface area contributed by atoms with Crippen LogP contribution in [0.1, 0.15) is 41.5 Å². The zero-order valence-corrected chi connectivity index (χ0v) is 15.8. The monoisotopic (exact) mass is 395 g/mol. The fourth-order valence-corrected chi connectivity index (χ4v) is 3.68. The summed E-state index contributed by atoms with van der Waals surface area (Å²) in [5, 5.41) is 17.1. The number of nitrogens with zero attached hydrogens (tertiary/aromatic N) is 2. The molecule has 2 aromatic rings. The topological polar surface area (TPSA) is 84.2 Å². The van der Waals surface area contributed by atoms with Crippen LogP contribution in [0.25, 0.3) is 5.69 Å². The Morgan fingerprint density at radius 3 is 2.81 bits per heavy atom. The standard InChI is InChI=1S/C18H19Cl2N3O3/c1-10(7-16(24)25)9-21-18(26)17-12-3-2-4-14(12)23(22-17)15-6-5-11(19)8-13(15)20/h5-6,8,10H,2-4,7,9H2,1H3,(H,21,26)(H,24,25). The number of nitrogens with one attached hydrogen (secondary N) is 1. The van der Waals surface area contributed by atoms with Gasteiger partial charge in [-0.05, 0) is 43.4 Å². The predicted molar refractivity (Wildman–Crippen MR) is 99.4 cm³/mol. The third kappa shape index (κ3) is 3.86. The van der Waals surface area contributed by atoms with Gasteiger partial charge >= 0.3 is 5.97 Å². The maximum atomic E-state index is 12.6. The van der Waals surface area contributed by atoms with Crippen molar-refractivity contribution < 1.29 is 14.7 Å². The molecule has 1 aromatic carbocycles. The van der Waals surface area contributed by atoms with Crippen molar-refractivity contribution in [3.05, 3.63) is 45.2 Å². The van der Waals surface area contributed by atoms with Crippen LogP contribution in [0.15, 0.2) is 18.2 Å². The van der Waals surface area contributed by atoms with E-state index in [4.69, 9.17) is 28.3 Å². The van der Waals surface area contributed by atoms with Crippen molar-refractivity contribution >= 4 is 35.1 Å². The van der Waals surface area contributed by atoms with Gasteiger partial charge in [-0.15, -0.1) is 0 Å². The summed E-state index contributed by atoms with van der Waals surface area (Å²) < 4.78 is 1.72. The summed E-state index contributed by atoms with van der Waals surface area (Å²) in [4.78, 5) is 23.3. The predicted octanol–water partition coefficient (Wildman–Crippen LogP) is 3.51. The van der Waals surface area contributed by atoms with Gasteiger partial charge in [-0.3, -0.25) is 9.59 Å². The van der Waals surface area contributed by atoms with E-state index in [2.05, 4.69) is 10.4 Å². The van der Waals surface area contributed by atoms with E-state index in [1.54, 1.807) is 29.8 Å². The van der Waals surface area contributed by atoms with Crippen molar-refractivity contribution in [2.75, 3.05) is 6.54 Å². The minimum Gasteiger partial charge on any atom is -0.481 e. The fraction of sp³-hybridized carbons (Fsp3) is 0.389. The quantitative estimate of drug-likeness (QED) is 0.783. The van der Waals surface area contributed by atoms with Crippen LogP contribution in [0.3, 0.4) is 0 Å². The fourth-order valence-electron chi connectivity index (χ4n) is 3.19. The van der Waals surface area contributed by atoms with Crippen molar-refractivity contribution in [1.29, 1.82) is 0 Å². The number of halogens is 2. The zero-order valence-electron chi connectivity index (χ0n) is 14.3. The third-order valence-electron chi connectivity index (χ3n) is 4.42. The molecule has 0 fully saturated rings. The molecule has 1 aliphatic carbocycles. The largest absolute Gasteiger partial charge is 0.481 e. The Hall–Kier alpha value is -2.05. The van der Waals surface area contributed by atoms with Crippen LogP contribution in [0.2, 0.25) is 10.0 Å². The van der Waals surface area contributed by atoms with Crippen molar-refractivity contribution in [2.24, 2.45) is 5.92 Å². The summed E-state index contributed by atoms with van der Waals surface area (Å²) in [6, 6.07) is 5.17. The van der Waals surface area contributed by atoms with E-state index in [0.29, 0.717) is 21.4 Å². The summed E-state index contributed by atoms with van der Waals surface area (Å²) >= 11 is 12.3. The molecule has 0 bridgehead atoms. The number of carbonyl (C=O) groups excluding carboxylic acids is 1. The van der Waals surface area contributed by atoms with Crippen molar-refractivity contribution in [2.45, 2.75) is 32.6 Å². The molecule has 0 radical (unpaired) electrons. The summed E-state index contributed by atoms with van der Waals surface area (Å²) in [7, 11) is 0. The number of aromatic nitrogens is 2. The number of carboxylic acids is 1. The van der Waals surface area contributed by atoms with Crippen molar-refractivity contribution in [3.63, 3.8) is 0 Å². The van der Waals surface area contributed by atoms with E-state index in [1.165, 1.54) is 0 Å². The van der Waals surface area contributed by atoms with E-state index in [9.17, 15) is 9.59 Å². The van der Waals surface area contributed by atoms with Gasteiger partial charge in [0.1, 0.15) is 0 Å². The molecule has 26 heavy (non-hydrogen) atoms. The lowest BCUT2D eigenvalue weighted by molar-refractivity contribution is -0.137. The van der Waals surface area contributed by atoms with Gasteiger partial charge in [0.2, 0.25) is 0 Å².